The first-order valence-corrected chi connectivity index (χ1v) is 15.4. The number of rotatable bonds is 6. The summed E-state index contributed by atoms with van der Waals surface area (Å²) in [7, 11) is 0. The molecule has 208 valence electrons. The Bertz CT molecular complexity index is 1010. The molecule has 1 spiro atoms. The van der Waals surface area contributed by atoms with Crippen molar-refractivity contribution in [1.82, 2.24) is 0 Å². The number of benzene rings is 1. The van der Waals surface area contributed by atoms with Crippen molar-refractivity contribution in [2.24, 2.45) is 46.3 Å². The van der Waals surface area contributed by atoms with E-state index in [1.807, 2.05) is 30.3 Å². The summed E-state index contributed by atoms with van der Waals surface area (Å²) >= 11 is 0. The molecule has 1 aromatic rings. The molecule has 9 atom stereocenters. The minimum atomic E-state index is -0.410. The minimum Gasteiger partial charge on any atom is -0.458 e. The lowest BCUT2D eigenvalue weighted by Gasteiger charge is -2.63. The zero-order valence-electron chi connectivity index (χ0n) is 23.8. The molecule has 4 aliphatic carbocycles. The predicted molar refractivity (Wildman–Crippen MR) is 149 cm³/mol. The van der Waals surface area contributed by atoms with Gasteiger partial charge in [0.1, 0.15) is 6.10 Å². The number of ether oxygens (including phenoxy) is 3. The maximum atomic E-state index is 13.5. The molecule has 4 heteroatoms. The number of carbonyl (C=O) groups is 1. The van der Waals surface area contributed by atoms with Gasteiger partial charge in [-0.15, -0.1) is 6.58 Å². The summed E-state index contributed by atoms with van der Waals surface area (Å²) < 4.78 is 19.0. The summed E-state index contributed by atoms with van der Waals surface area (Å²) in [5, 5.41) is 0. The monoisotopic (exact) mass is 520 g/mol. The normalized spacial score (nSPS) is 42.1. The van der Waals surface area contributed by atoms with Gasteiger partial charge in [0.15, 0.2) is 5.79 Å². The van der Waals surface area contributed by atoms with Gasteiger partial charge in [0, 0.05) is 18.8 Å². The van der Waals surface area contributed by atoms with E-state index < -0.39 is 5.79 Å². The highest BCUT2D eigenvalue weighted by Crippen LogP contribution is 2.69. The molecule has 4 nitrogen and oxygen atoms in total. The summed E-state index contributed by atoms with van der Waals surface area (Å²) in [6.45, 7) is 13.0. The Morgan fingerprint density at radius 1 is 1.05 bits per heavy atom. The molecule has 6 rings (SSSR count). The standard InChI is InChI=1S/C34H48O4/c1-5-6-10-23(2)26-13-14-27-30-28(15-16-33(26,27)4)32(3)17-18-34(36-19-20-37-34)22-25(32)21-29(30)38-31(35)24-11-8-7-9-12-24/h5,7-9,11-12,23,25-30H,1,6,10,13-22H2,2-4H3/t23-,25+,26-,27?,28?,29-,30?,32+,33-/m1/s1. The molecular formula is C34H48O4. The van der Waals surface area contributed by atoms with Gasteiger partial charge >= 0.3 is 5.97 Å². The third-order valence-corrected chi connectivity index (χ3v) is 12.3. The van der Waals surface area contributed by atoms with Gasteiger partial charge in [-0.2, -0.15) is 0 Å². The highest BCUT2D eigenvalue weighted by Gasteiger charge is 2.65. The van der Waals surface area contributed by atoms with E-state index in [-0.39, 0.29) is 17.5 Å². The van der Waals surface area contributed by atoms with Crippen molar-refractivity contribution in [3.8, 4) is 0 Å². The van der Waals surface area contributed by atoms with Crippen LogP contribution >= 0.6 is 0 Å². The number of carbonyl (C=O) groups excluding carboxylic acids is 1. The molecule has 1 aliphatic heterocycles. The van der Waals surface area contributed by atoms with Gasteiger partial charge in [-0.3, -0.25) is 0 Å². The van der Waals surface area contributed by atoms with Crippen molar-refractivity contribution in [3.05, 3.63) is 48.6 Å². The van der Waals surface area contributed by atoms with E-state index in [9.17, 15) is 4.79 Å². The summed E-state index contributed by atoms with van der Waals surface area (Å²) in [6.07, 6.45) is 13.6. The highest BCUT2D eigenvalue weighted by atomic mass is 16.7. The number of fused-ring (bicyclic) bond motifs is 5. The summed E-state index contributed by atoms with van der Waals surface area (Å²) in [6, 6.07) is 9.60. The average molecular weight is 521 g/mol. The molecule has 1 heterocycles. The van der Waals surface area contributed by atoms with Gasteiger partial charge in [0.05, 0.1) is 18.8 Å². The minimum absolute atomic E-state index is 0.0332. The topological polar surface area (TPSA) is 44.8 Å². The molecule has 0 aromatic heterocycles. The van der Waals surface area contributed by atoms with E-state index in [1.54, 1.807) is 0 Å². The number of esters is 1. The molecule has 0 N–H and O–H groups in total. The van der Waals surface area contributed by atoms with Crippen LogP contribution in [-0.4, -0.2) is 31.1 Å². The Kier molecular flexibility index (Phi) is 7.04. The molecule has 5 aliphatic rings. The highest BCUT2D eigenvalue weighted by molar-refractivity contribution is 5.89. The van der Waals surface area contributed by atoms with E-state index in [0.29, 0.717) is 53.8 Å². The smallest absolute Gasteiger partial charge is 0.338 e. The Hall–Kier alpha value is -1.65. The van der Waals surface area contributed by atoms with Crippen LogP contribution in [0.15, 0.2) is 43.0 Å². The van der Waals surface area contributed by atoms with Crippen molar-refractivity contribution >= 4 is 5.97 Å². The van der Waals surface area contributed by atoms with Crippen molar-refractivity contribution in [2.75, 3.05) is 13.2 Å². The second-order valence-electron chi connectivity index (χ2n) is 13.9. The third kappa shape index (κ3) is 4.29. The molecule has 0 radical (unpaired) electrons. The van der Waals surface area contributed by atoms with Crippen LogP contribution in [0.25, 0.3) is 0 Å². The van der Waals surface area contributed by atoms with Gasteiger partial charge in [0.25, 0.3) is 0 Å². The number of allylic oxidation sites excluding steroid dienone is 1. The largest absolute Gasteiger partial charge is 0.458 e. The van der Waals surface area contributed by atoms with E-state index >= 15 is 0 Å². The first-order valence-electron chi connectivity index (χ1n) is 15.4. The molecule has 3 unspecified atom stereocenters. The van der Waals surface area contributed by atoms with Crippen LogP contribution in [0.5, 0.6) is 0 Å². The Morgan fingerprint density at radius 3 is 2.53 bits per heavy atom. The zero-order chi connectivity index (χ0) is 26.5. The van der Waals surface area contributed by atoms with Crippen molar-refractivity contribution in [3.63, 3.8) is 0 Å². The fourth-order valence-corrected chi connectivity index (χ4v) is 10.4. The number of hydrogen-bond donors (Lipinski definition) is 0. The molecule has 0 bridgehead atoms. The molecule has 4 saturated carbocycles. The van der Waals surface area contributed by atoms with Gasteiger partial charge < -0.3 is 14.2 Å². The first-order chi connectivity index (χ1) is 18.3. The molecule has 1 aromatic carbocycles. The molecule has 5 fully saturated rings. The van der Waals surface area contributed by atoms with Crippen LogP contribution in [0.3, 0.4) is 0 Å². The van der Waals surface area contributed by atoms with Crippen LogP contribution in [-0.2, 0) is 14.2 Å². The quantitative estimate of drug-likeness (QED) is 0.283. The van der Waals surface area contributed by atoms with E-state index in [4.69, 9.17) is 14.2 Å². The van der Waals surface area contributed by atoms with E-state index in [1.165, 1.54) is 32.1 Å². The second-order valence-corrected chi connectivity index (χ2v) is 13.9. The molecular weight excluding hydrogens is 472 g/mol. The summed E-state index contributed by atoms with van der Waals surface area (Å²) in [4.78, 5) is 13.5. The maximum Gasteiger partial charge on any atom is 0.338 e. The van der Waals surface area contributed by atoms with Crippen LogP contribution in [0.4, 0.5) is 0 Å². The third-order valence-electron chi connectivity index (χ3n) is 12.3. The van der Waals surface area contributed by atoms with Crippen molar-refractivity contribution in [2.45, 2.75) is 96.9 Å². The summed E-state index contributed by atoms with van der Waals surface area (Å²) in [5.41, 5.74) is 1.26. The Morgan fingerprint density at radius 2 is 1.79 bits per heavy atom. The Labute approximate surface area is 229 Å². The predicted octanol–water partition coefficient (Wildman–Crippen LogP) is 7.83. The van der Waals surface area contributed by atoms with Crippen molar-refractivity contribution < 1.29 is 19.0 Å². The first kappa shape index (κ1) is 26.6. The SMILES string of the molecule is C=CCC[C@@H](C)[C@H]1CCC2C3C(CC[C@@]21C)[C@@]1(C)CCC2(C[C@@H]1C[C@H]3OC(=O)c1ccccc1)OCCO2. The van der Waals surface area contributed by atoms with E-state index in [2.05, 4.69) is 33.4 Å². The van der Waals surface area contributed by atoms with Crippen LogP contribution in [0.1, 0.15) is 95.3 Å². The van der Waals surface area contributed by atoms with Gasteiger partial charge in [-0.05, 0) is 104 Å². The lowest BCUT2D eigenvalue weighted by molar-refractivity contribution is -0.242. The van der Waals surface area contributed by atoms with Crippen LogP contribution in [0, 0.1) is 46.3 Å². The summed E-state index contributed by atoms with van der Waals surface area (Å²) in [5.74, 6) is 3.01. The molecule has 38 heavy (non-hydrogen) atoms. The van der Waals surface area contributed by atoms with Gasteiger partial charge in [0.2, 0.25) is 0 Å². The lowest BCUT2D eigenvalue weighted by Crippen LogP contribution is -2.60. The van der Waals surface area contributed by atoms with Gasteiger partial charge in [-0.25, -0.2) is 4.79 Å². The molecule has 0 amide bonds. The fourth-order valence-electron chi connectivity index (χ4n) is 10.4. The van der Waals surface area contributed by atoms with Crippen LogP contribution < -0.4 is 0 Å². The molecule has 1 saturated heterocycles. The Balaban J connectivity index is 1.32. The van der Waals surface area contributed by atoms with Crippen molar-refractivity contribution in [1.29, 1.82) is 0 Å². The van der Waals surface area contributed by atoms with Gasteiger partial charge in [-0.1, -0.05) is 45.0 Å². The van der Waals surface area contributed by atoms with E-state index in [0.717, 1.165) is 38.0 Å². The lowest BCUT2D eigenvalue weighted by atomic mass is 9.43. The fraction of sp³-hybridized carbons (Fsp3) is 0.735. The zero-order valence-corrected chi connectivity index (χ0v) is 23.8. The second kappa shape index (κ2) is 10.1. The number of hydrogen-bond acceptors (Lipinski definition) is 4. The average Bonchev–Trinajstić information content (AvgIpc) is 3.52. The van der Waals surface area contributed by atoms with Crippen LogP contribution in [0.2, 0.25) is 0 Å². The maximum absolute atomic E-state index is 13.5.